The quantitative estimate of drug-likeness (QED) is 0.920. The smallest absolute Gasteiger partial charge is 0.303 e. The number of nitrogens with zero attached hydrogens (tertiary/aromatic N) is 1. The van der Waals surface area contributed by atoms with Gasteiger partial charge >= 0.3 is 5.97 Å². The summed E-state index contributed by atoms with van der Waals surface area (Å²) in [5, 5.41) is 8.86. The third-order valence-corrected chi connectivity index (χ3v) is 4.54. The SMILES string of the molecule is Cc1ccc(C(=O)N2CCCC(CC(=O)O)C2)cc1Br. The summed E-state index contributed by atoms with van der Waals surface area (Å²) in [5.41, 5.74) is 1.74. The lowest BCUT2D eigenvalue weighted by molar-refractivity contribution is -0.138. The molecule has 1 N–H and O–H groups in total. The van der Waals surface area contributed by atoms with Crippen molar-refractivity contribution in [2.24, 2.45) is 5.92 Å². The van der Waals surface area contributed by atoms with E-state index < -0.39 is 5.97 Å². The van der Waals surface area contributed by atoms with Gasteiger partial charge in [0.2, 0.25) is 0 Å². The highest BCUT2D eigenvalue weighted by atomic mass is 79.9. The van der Waals surface area contributed by atoms with Crippen LogP contribution in [0.1, 0.15) is 35.2 Å². The standard InChI is InChI=1S/C15H18BrNO3/c1-10-4-5-12(8-13(10)16)15(20)17-6-2-3-11(9-17)7-14(18)19/h4-5,8,11H,2-3,6-7,9H2,1H3,(H,18,19). The number of likely N-dealkylation sites (tertiary alicyclic amines) is 1. The van der Waals surface area contributed by atoms with Crippen LogP contribution in [0, 0.1) is 12.8 Å². The minimum absolute atomic E-state index is 0.0132. The number of halogens is 1. The summed E-state index contributed by atoms with van der Waals surface area (Å²) in [5.74, 6) is -0.734. The molecule has 1 heterocycles. The summed E-state index contributed by atoms with van der Waals surface area (Å²) in [6, 6.07) is 5.57. The van der Waals surface area contributed by atoms with Gasteiger partial charge in [-0.3, -0.25) is 9.59 Å². The normalized spacial score (nSPS) is 18.9. The van der Waals surface area contributed by atoms with Crippen LogP contribution in [0.15, 0.2) is 22.7 Å². The first-order valence-corrected chi connectivity index (χ1v) is 7.54. The summed E-state index contributed by atoms with van der Waals surface area (Å²) in [6.07, 6.45) is 1.89. The Morgan fingerprint density at radius 1 is 1.45 bits per heavy atom. The highest BCUT2D eigenvalue weighted by molar-refractivity contribution is 9.10. The molecule has 0 aliphatic carbocycles. The number of aliphatic carboxylic acids is 1. The van der Waals surface area contributed by atoms with Crippen LogP contribution < -0.4 is 0 Å². The molecule has 1 aliphatic heterocycles. The van der Waals surface area contributed by atoms with Crippen LogP contribution in [-0.4, -0.2) is 35.0 Å². The molecule has 0 saturated carbocycles. The van der Waals surface area contributed by atoms with Crippen molar-refractivity contribution in [1.29, 1.82) is 0 Å². The summed E-state index contributed by atoms with van der Waals surface area (Å²) >= 11 is 3.43. The first-order valence-electron chi connectivity index (χ1n) is 6.74. The molecule has 0 bridgehead atoms. The van der Waals surface area contributed by atoms with Crippen molar-refractivity contribution >= 4 is 27.8 Å². The van der Waals surface area contributed by atoms with E-state index in [4.69, 9.17) is 5.11 Å². The van der Waals surface area contributed by atoms with Gasteiger partial charge in [-0.25, -0.2) is 0 Å². The third-order valence-electron chi connectivity index (χ3n) is 3.69. The number of hydrogen-bond acceptors (Lipinski definition) is 2. The van der Waals surface area contributed by atoms with Crippen molar-refractivity contribution in [3.8, 4) is 0 Å². The second-order valence-corrected chi connectivity index (χ2v) is 6.18. The van der Waals surface area contributed by atoms with Crippen molar-refractivity contribution < 1.29 is 14.7 Å². The number of piperidine rings is 1. The van der Waals surface area contributed by atoms with E-state index in [-0.39, 0.29) is 18.2 Å². The summed E-state index contributed by atoms with van der Waals surface area (Å²) in [6.45, 7) is 3.22. The van der Waals surface area contributed by atoms with Crippen LogP contribution in [0.2, 0.25) is 0 Å². The van der Waals surface area contributed by atoms with Gasteiger partial charge in [-0.15, -0.1) is 0 Å². The average Bonchev–Trinajstić information content (AvgIpc) is 2.40. The number of carboxylic acid groups (broad SMARTS) is 1. The molecule has 1 saturated heterocycles. The second kappa shape index (κ2) is 6.39. The van der Waals surface area contributed by atoms with Crippen molar-refractivity contribution in [1.82, 2.24) is 4.90 Å². The Morgan fingerprint density at radius 2 is 2.20 bits per heavy atom. The molecule has 5 heteroatoms. The summed E-state index contributed by atoms with van der Waals surface area (Å²) < 4.78 is 0.919. The van der Waals surface area contributed by atoms with E-state index in [0.717, 1.165) is 22.9 Å². The molecule has 0 aromatic heterocycles. The molecule has 1 unspecified atom stereocenters. The third kappa shape index (κ3) is 3.60. The molecule has 1 fully saturated rings. The number of amides is 1. The zero-order valence-corrected chi connectivity index (χ0v) is 13.0. The molecule has 108 valence electrons. The Morgan fingerprint density at radius 3 is 2.85 bits per heavy atom. The zero-order valence-electron chi connectivity index (χ0n) is 11.4. The monoisotopic (exact) mass is 339 g/mol. The van der Waals surface area contributed by atoms with Crippen LogP contribution >= 0.6 is 15.9 Å². The lowest BCUT2D eigenvalue weighted by atomic mass is 9.94. The van der Waals surface area contributed by atoms with Crippen molar-refractivity contribution in [2.75, 3.05) is 13.1 Å². The average molecular weight is 340 g/mol. The predicted octanol–water partition coefficient (Wildman–Crippen LogP) is 3.08. The van der Waals surface area contributed by atoms with E-state index in [9.17, 15) is 9.59 Å². The van der Waals surface area contributed by atoms with Crippen molar-refractivity contribution in [3.63, 3.8) is 0 Å². The molecule has 20 heavy (non-hydrogen) atoms. The van der Waals surface area contributed by atoms with Gasteiger partial charge in [-0.05, 0) is 43.4 Å². The molecule has 4 nitrogen and oxygen atoms in total. The van der Waals surface area contributed by atoms with Crippen LogP contribution in [-0.2, 0) is 4.79 Å². The van der Waals surface area contributed by atoms with E-state index in [0.29, 0.717) is 18.7 Å². The molecular formula is C15H18BrNO3. The molecule has 1 atom stereocenters. The lowest BCUT2D eigenvalue weighted by Crippen LogP contribution is -2.40. The number of benzene rings is 1. The second-order valence-electron chi connectivity index (χ2n) is 5.32. The molecule has 1 aliphatic rings. The number of carboxylic acids is 1. The highest BCUT2D eigenvalue weighted by Crippen LogP contribution is 2.23. The summed E-state index contributed by atoms with van der Waals surface area (Å²) in [7, 11) is 0. The molecule has 1 aromatic rings. The Balaban J connectivity index is 2.08. The van der Waals surface area contributed by atoms with Gasteiger partial charge in [0.1, 0.15) is 0 Å². The maximum absolute atomic E-state index is 12.5. The number of carbonyl (C=O) groups excluding carboxylic acids is 1. The Hall–Kier alpha value is -1.36. The van der Waals surface area contributed by atoms with Gasteiger partial charge in [0, 0.05) is 29.5 Å². The van der Waals surface area contributed by atoms with Gasteiger partial charge in [-0.1, -0.05) is 22.0 Å². The lowest BCUT2D eigenvalue weighted by Gasteiger charge is -2.32. The maximum atomic E-state index is 12.5. The number of carbonyl (C=O) groups is 2. The zero-order chi connectivity index (χ0) is 14.7. The van der Waals surface area contributed by atoms with Crippen LogP contribution in [0.5, 0.6) is 0 Å². The van der Waals surface area contributed by atoms with Gasteiger partial charge in [0.15, 0.2) is 0 Å². The Kier molecular flexibility index (Phi) is 4.81. The minimum Gasteiger partial charge on any atom is -0.481 e. The van der Waals surface area contributed by atoms with Gasteiger partial charge in [0.25, 0.3) is 5.91 Å². The molecular weight excluding hydrogens is 322 g/mol. The number of rotatable bonds is 3. The summed E-state index contributed by atoms with van der Waals surface area (Å²) in [4.78, 5) is 25.0. The van der Waals surface area contributed by atoms with Gasteiger partial charge in [0.05, 0.1) is 0 Å². The number of aryl methyl sites for hydroxylation is 1. The van der Waals surface area contributed by atoms with E-state index >= 15 is 0 Å². The fourth-order valence-electron chi connectivity index (χ4n) is 2.57. The topological polar surface area (TPSA) is 57.6 Å². The van der Waals surface area contributed by atoms with Crippen LogP contribution in [0.25, 0.3) is 0 Å². The van der Waals surface area contributed by atoms with Crippen LogP contribution in [0.3, 0.4) is 0 Å². The molecule has 0 spiro atoms. The largest absolute Gasteiger partial charge is 0.481 e. The predicted molar refractivity (Wildman–Crippen MR) is 79.8 cm³/mol. The molecule has 1 aromatic carbocycles. The Labute approximate surface area is 126 Å². The maximum Gasteiger partial charge on any atom is 0.303 e. The highest BCUT2D eigenvalue weighted by Gasteiger charge is 2.26. The number of hydrogen-bond donors (Lipinski definition) is 1. The van der Waals surface area contributed by atoms with Crippen molar-refractivity contribution in [3.05, 3.63) is 33.8 Å². The molecule has 2 rings (SSSR count). The Bertz CT molecular complexity index is 530. The first kappa shape index (κ1) is 15.0. The van der Waals surface area contributed by atoms with E-state index in [1.807, 2.05) is 25.1 Å². The van der Waals surface area contributed by atoms with Gasteiger partial charge < -0.3 is 10.0 Å². The fraction of sp³-hybridized carbons (Fsp3) is 0.467. The van der Waals surface area contributed by atoms with E-state index in [2.05, 4.69) is 15.9 Å². The molecule has 1 amide bonds. The van der Waals surface area contributed by atoms with Gasteiger partial charge in [-0.2, -0.15) is 0 Å². The van der Waals surface area contributed by atoms with E-state index in [1.54, 1.807) is 4.90 Å². The minimum atomic E-state index is -0.789. The molecule has 0 radical (unpaired) electrons. The van der Waals surface area contributed by atoms with Crippen LogP contribution in [0.4, 0.5) is 0 Å². The van der Waals surface area contributed by atoms with Crippen molar-refractivity contribution in [2.45, 2.75) is 26.2 Å². The first-order chi connectivity index (χ1) is 9.47. The fourth-order valence-corrected chi connectivity index (χ4v) is 2.95. The van der Waals surface area contributed by atoms with E-state index in [1.165, 1.54) is 0 Å².